The first-order chi connectivity index (χ1) is 9.25. The van der Waals surface area contributed by atoms with Crippen molar-refractivity contribution in [3.05, 3.63) is 54.0 Å². The maximum absolute atomic E-state index is 12.4. The zero-order valence-corrected chi connectivity index (χ0v) is 11.0. The summed E-state index contributed by atoms with van der Waals surface area (Å²) in [4.78, 5) is 14.3. The van der Waals surface area contributed by atoms with Gasteiger partial charge in [0.2, 0.25) is 5.91 Å². The van der Waals surface area contributed by atoms with Gasteiger partial charge < -0.3 is 9.32 Å². The molecule has 1 aliphatic heterocycles. The molecular weight excluding hydrogens is 238 g/mol. The summed E-state index contributed by atoms with van der Waals surface area (Å²) in [6, 6.07) is 12.2. The number of hydrogen-bond acceptors (Lipinski definition) is 2. The minimum atomic E-state index is 0.175. The van der Waals surface area contributed by atoms with Gasteiger partial charge in [-0.1, -0.05) is 18.2 Å². The third kappa shape index (κ3) is 2.28. The second-order valence-corrected chi connectivity index (χ2v) is 5.02. The molecule has 0 aliphatic carbocycles. The lowest BCUT2D eigenvalue weighted by Crippen LogP contribution is -2.35. The van der Waals surface area contributed by atoms with E-state index in [0.717, 1.165) is 17.9 Å². The Labute approximate surface area is 112 Å². The maximum Gasteiger partial charge on any atom is 0.227 e. The normalized spacial score (nSPS) is 17.5. The number of rotatable bonds is 3. The summed E-state index contributed by atoms with van der Waals surface area (Å²) in [5.41, 5.74) is 2.33. The van der Waals surface area contributed by atoms with E-state index >= 15 is 0 Å². The Morgan fingerprint density at radius 3 is 2.95 bits per heavy atom. The first-order valence-corrected chi connectivity index (χ1v) is 6.68. The molecule has 3 nitrogen and oxygen atoms in total. The summed E-state index contributed by atoms with van der Waals surface area (Å²) < 4.78 is 5.27. The summed E-state index contributed by atoms with van der Waals surface area (Å²) in [6.07, 6.45) is 3.75. The molecule has 0 saturated heterocycles. The Balaban J connectivity index is 1.73. The lowest BCUT2D eigenvalue weighted by molar-refractivity contribution is -0.118. The highest BCUT2D eigenvalue weighted by molar-refractivity contribution is 5.96. The fourth-order valence-electron chi connectivity index (χ4n) is 2.75. The zero-order valence-electron chi connectivity index (χ0n) is 11.0. The van der Waals surface area contributed by atoms with E-state index in [0.29, 0.717) is 12.8 Å². The highest BCUT2D eigenvalue weighted by Crippen LogP contribution is 2.32. The van der Waals surface area contributed by atoms with E-state index in [-0.39, 0.29) is 11.9 Å². The van der Waals surface area contributed by atoms with Gasteiger partial charge in [-0.2, -0.15) is 0 Å². The molecule has 19 heavy (non-hydrogen) atoms. The maximum atomic E-state index is 12.4. The van der Waals surface area contributed by atoms with Crippen LogP contribution in [0.2, 0.25) is 0 Å². The average Bonchev–Trinajstić information content (AvgIpc) is 3.02. The van der Waals surface area contributed by atoms with E-state index in [1.165, 1.54) is 5.56 Å². The van der Waals surface area contributed by atoms with Crippen LogP contribution in [0.4, 0.5) is 5.69 Å². The first kappa shape index (κ1) is 12.0. The highest BCUT2D eigenvalue weighted by Gasteiger charge is 2.30. The Morgan fingerprint density at radius 2 is 2.16 bits per heavy atom. The Morgan fingerprint density at radius 1 is 1.32 bits per heavy atom. The number of furan rings is 1. The standard InChI is InChI=1S/C16H17NO2/c1-12-11-13-5-2-3-7-15(13)17(12)16(18)9-8-14-6-4-10-19-14/h2-7,10,12H,8-9,11H2,1H3. The topological polar surface area (TPSA) is 33.5 Å². The van der Waals surface area contributed by atoms with Crippen LogP contribution in [0, 0.1) is 0 Å². The molecular formula is C16H17NO2. The molecule has 1 aliphatic rings. The van der Waals surface area contributed by atoms with Gasteiger partial charge >= 0.3 is 0 Å². The summed E-state index contributed by atoms with van der Waals surface area (Å²) in [6.45, 7) is 2.10. The van der Waals surface area contributed by atoms with Crippen molar-refractivity contribution in [1.82, 2.24) is 0 Å². The number of carbonyl (C=O) groups is 1. The van der Waals surface area contributed by atoms with Gasteiger partial charge in [0.15, 0.2) is 0 Å². The molecule has 0 radical (unpaired) electrons. The predicted octanol–water partition coefficient (Wildman–Crippen LogP) is 3.19. The number of carbonyl (C=O) groups excluding carboxylic acids is 1. The molecule has 0 bridgehead atoms. The number of hydrogen-bond donors (Lipinski definition) is 0. The van der Waals surface area contributed by atoms with Crippen LogP contribution in [0.1, 0.15) is 24.7 Å². The summed E-state index contributed by atoms with van der Waals surface area (Å²) in [5, 5.41) is 0. The molecule has 1 aromatic carbocycles. The number of nitrogens with zero attached hydrogens (tertiary/aromatic N) is 1. The minimum absolute atomic E-state index is 0.175. The monoisotopic (exact) mass is 255 g/mol. The van der Waals surface area contributed by atoms with Crippen molar-refractivity contribution in [1.29, 1.82) is 0 Å². The number of benzene rings is 1. The molecule has 0 N–H and O–H groups in total. The van der Waals surface area contributed by atoms with Crippen LogP contribution < -0.4 is 4.90 Å². The number of anilines is 1. The molecule has 1 amide bonds. The van der Waals surface area contributed by atoms with Gasteiger partial charge in [-0.25, -0.2) is 0 Å². The van der Waals surface area contributed by atoms with E-state index in [2.05, 4.69) is 13.0 Å². The Kier molecular flexibility index (Phi) is 3.11. The van der Waals surface area contributed by atoms with Crippen LogP contribution in [0.3, 0.4) is 0 Å². The number of amides is 1. The van der Waals surface area contributed by atoms with Gasteiger partial charge in [0, 0.05) is 24.6 Å². The van der Waals surface area contributed by atoms with Crippen molar-refractivity contribution in [3.63, 3.8) is 0 Å². The summed E-state index contributed by atoms with van der Waals surface area (Å²) >= 11 is 0. The zero-order chi connectivity index (χ0) is 13.2. The largest absolute Gasteiger partial charge is 0.469 e. The van der Waals surface area contributed by atoms with Crippen molar-refractivity contribution in [2.24, 2.45) is 0 Å². The molecule has 98 valence electrons. The second-order valence-electron chi connectivity index (χ2n) is 5.02. The van der Waals surface area contributed by atoms with Crippen molar-refractivity contribution < 1.29 is 9.21 Å². The van der Waals surface area contributed by atoms with Gasteiger partial charge in [0.25, 0.3) is 0 Å². The third-order valence-electron chi connectivity index (χ3n) is 3.64. The van der Waals surface area contributed by atoms with Gasteiger partial charge in [-0.3, -0.25) is 4.79 Å². The van der Waals surface area contributed by atoms with Crippen LogP contribution in [0.5, 0.6) is 0 Å². The molecule has 2 aromatic rings. The fourth-order valence-corrected chi connectivity index (χ4v) is 2.75. The molecule has 0 saturated carbocycles. The average molecular weight is 255 g/mol. The van der Waals surface area contributed by atoms with E-state index in [1.54, 1.807) is 6.26 Å². The van der Waals surface area contributed by atoms with E-state index < -0.39 is 0 Å². The van der Waals surface area contributed by atoms with Gasteiger partial charge in [-0.05, 0) is 37.1 Å². The van der Waals surface area contributed by atoms with Crippen molar-refractivity contribution >= 4 is 11.6 Å². The minimum Gasteiger partial charge on any atom is -0.469 e. The third-order valence-corrected chi connectivity index (χ3v) is 3.64. The Hall–Kier alpha value is -2.03. The molecule has 3 heteroatoms. The lowest BCUT2D eigenvalue weighted by Gasteiger charge is -2.22. The highest BCUT2D eigenvalue weighted by atomic mass is 16.3. The molecule has 0 spiro atoms. The molecule has 1 atom stereocenters. The van der Waals surface area contributed by atoms with Crippen LogP contribution in [-0.4, -0.2) is 11.9 Å². The van der Waals surface area contributed by atoms with Gasteiger partial charge in [0.1, 0.15) is 5.76 Å². The predicted molar refractivity (Wildman–Crippen MR) is 74.1 cm³/mol. The number of para-hydroxylation sites is 1. The second kappa shape index (κ2) is 4.92. The number of fused-ring (bicyclic) bond motifs is 1. The summed E-state index contributed by atoms with van der Waals surface area (Å²) in [5.74, 6) is 1.04. The fraction of sp³-hybridized carbons (Fsp3) is 0.312. The summed E-state index contributed by atoms with van der Waals surface area (Å²) in [7, 11) is 0. The van der Waals surface area contributed by atoms with Crippen molar-refractivity contribution in [3.8, 4) is 0 Å². The smallest absolute Gasteiger partial charge is 0.227 e. The molecule has 2 heterocycles. The first-order valence-electron chi connectivity index (χ1n) is 6.68. The lowest BCUT2D eigenvalue weighted by atomic mass is 10.1. The molecule has 0 fully saturated rings. The van der Waals surface area contributed by atoms with Gasteiger partial charge in [0.05, 0.1) is 6.26 Å². The van der Waals surface area contributed by atoms with Gasteiger partial charge in [-0.15, -0.1) is 0 Å². The van der Waals surface area contributed by atoms with Crippen molar-refractivity contribution in [2.45, 2.75) is 32.2 Å². The molecule has 1 unspecified atom stereocenters. The van der Waals surface area contributed by atoms with Crippen LogP contribution in [0.15, 0.2) is 47.1 Å². The van der Waals surface area contributed by atoms with E-state index in [9.17, 15) is 4.79 Å². The van der Waals surface area contributed by atoms with Crippen LogP contribution >= 0.6 is 0 Å². The van der Waals surface area contributed by atoms with Crippen LogP contribution in [-0.2, 0) is 17.6 Å². The van der Waals surface area contributed by atoms with E-state index in [1.807, 2.05) is 35.2 Å². The quantitative estimate of drug-likeness (QED) is 0.844. The van der Waals surface area contributed by atoms with Crippen molar-refractivity contribution in [2.75, 3.05) is 4.90 Å². The number of aryl methyl sites for hydroxylation is 1. The van der Waals surface area contributed by atoms with E-state index in [4.69, 9.17) is 4.42 Å². The molecule has 1 aromatic heterocycles. The SMILES string of the molecule is CC1Cc2ccccc2N1C(=O)CCc1ccco1. The Bertz CT molecular complexity index is 574. The van der Waals surface area contributed by atoms with Crippen LogP contribution in [0.25, 0.3) is 0 Å². The molecule has 3 rings (SSSR count).